The van der Waals surface area contributed by atoms with Crippen molar-refractivity contribution in [1.82, 2.24) is 19.8 Å². The van der Waals surface area contributed by atoms with E-state index in [0.717, 1.165) is 19.5 Å². The minimum absolute atomic E-state index is 0.0234. The van der Waals surface area contributed by atoms with Gasteiger partial charge in [-0.2, -0.15) is 0 Å². The highest BCUT2D eigenvalue weighted by Crippen LogP contribution is 2.16. The van der Waals surface area contributed by atoms with Crippen molar-refractivity contribution in [3.05, 3.63) is 18.7 Å². The molecule has 0 aliphatic carbocycles. The second kappa shape index (κ2) is 6.16. The van der Waals surface area contributed by atoms with E-state index in [-0.39, 0.29) is 5.91 Å². The summed E-state index contributed by atoms with van der Waals surface area (Å²) in [7, 11) is 2.01. The largest absolute Gasteiger partial charge is 0.363 e. The fourth-order valence-electron chi connectivity index (χ4n) is 2.27. The number of ether oxygens (including phenoxy) is 1. The maximum absolute atomic E-state index is 12.1. The number of carbonyl (C=O) groups is 1. The van der Waals surface area contributed by atoms with Gasteiger partial charge in [-0.1, -0.05) is 0 Å². The standard InChI is InChI=1S/C13H22N4O2/c1-13(10-16(2)8-9-19-13)12(18)15-4-3-6-17-7-5-14-11-17/h5,7,11H,3-4,6,8-10H2,1-2H3,(H,15,18)/t13-/m0/s1. The summed E-state index contributed by atoms with van der Waals surface area (Å²) in [5.41, 5.74) is -0.720. The smallest absolute Gasteiger partial charge is 0.253 e. The van der Waals surface area contributed by atoms with E-state index in [0.29, 0.717) is 19.7 Å². The van der Waals surface area contributed by atoms with Crippen LogP contribution in [0.5, 0.6) is 0 Å². The molecule has 0 radical (unpaired) electrons. The molecule has 1 aliphatic heterocycles. The molecule has 2 rings (SSSR count). The van der Waals surface area contributed by atoms with Gasteiger partial charge >= 0.3 is 0 Å². The molecular formula is C13H22N4O2. The number of rotatable bonds is 5. The first kappa shape index (κ1) is 14.0. The average Bonchev–Trinajstić information content (AvgIpc) is 2.87. The number of amides is 1. The molecular weight excluding hydrogens is 244 g/mol. The molecule has 6 nitrogen and oxygen atoms in total. The van der Waals surface area contributed by atoms with Crippen molar-refractivity contribution >= 4 is 5.91 Å². The van der Waals surface area contributed by atoms with Gasteiger partial charge in [0, 0.05) is 38.6 Å². The zero-order chi connectivity index (χ0) is 13.7. The number of imidazole rings is 1. The lowest BCUT2D eigenvalue weighted by Crippen LogP contribution is -2.57. The van der Waals surface area contributed by atoms with E-state index < -0.39 is 5.60 Å². The Morgan fingerprint density at radius 3 is 3.11 bits per heavy atom. The first-order chi connectivity index (χ1) is 9.10. The van der Waals surface area contributed by atoms with Gasteiger partial charge in [0.2, 0.25) is 0 Å². The lowest BCUT2D eigenvalue weighted by Gasteiger charge is -2.37. The number of nitrogens with one attached hydrogen (secondary N) is 1. The quantitative estimate of drug-likeness (QED) is 0.769. The molecule has 1 aromatic rings. The molecule has 0 saturated carbocycles. The van der Waals surface area contributed by atoms with Crippen LogP contribution in [0.4, 0.5) is 0 Å². The normalized spacial score (nSPS) is 24.3. The SMILES string of the molecule is CN1CCO[C@](C)(C(=O)NCCCn2ccnc2)C1. The molecule has 106 valence electrons. The fraction of sp³-hybridized carbons (Fsp3) is 0.692. The third kappa shape index (κ3) is 3.78. The summed E-state index contributed by atoms with van der Waals surface area (Å²) < 4.78 is 7.63. The van der Waals surface area contributed by atoms with E-state index in [1.807, 2.05) is 24.7 Å². The number of carbonyl (C=O) groups excluding carboxylic acids is 1. The number of aryl methyl sites for hydroxylation is 1. The zero-order valence-electron chi connectivity index (χ0n) is 11.6. The molecule has 0 spiro atoms. The molecule has 0 bridgehead atoms. The van der Waals surface area contributed by atoms with E-state index >= 15 is 0 Å². The van der Waals surface area contributed by atoms with Crippen LogP contribution in [-0.2, 0) is 16.1 Å². The van der Waals surface area contributed by atoms with Crippen molar-refractivity contribution in [3.63, 3.8) is 0 Å². The van der Waals surface area contributed by atoms with Crippen LogP contribution in [0.1, 0.15) is 13.3 Å². The van der Waals surface area contributed by atoms with Crippen LogP contribution in [0.3, 0.4) is 0 Å². The summed E-state index contributed by atoms with van der Waals surface area (Å²) in [6.07, 6.45) is 6.34. The number of aromatic nitrogens is 2. The Morgan fingerprint density at radius 2 is 2.42 bits per heavy atom. The van der Waals surface area contributed by atoms with Gasteiger partial charge in [0.15, 0.2) is 5.60 Å². The summed E-state index contributed by atoms with van der Waals surface area (Å²) in [5.74, 6) is -0.0234. The summed E-state index contributed by atoms with van der Waals surface area (Å²) in [5, 5.41) is 2.95. The third-order valence-corrected chi connectivity index (χ3v) is 3.38. The monoisotopic (exact) mass is 266 g/mol. The van der Waals surface area contributed by atoms with Crippen LogP contribution < -0.4 is 5.32 Å². The molecule has 1 fully saturated rings. The number of morpholine rings is 1. The molecule has 1 aliphatic rings. The molecule has 1 amide bonds. The van der Waals surface area contributed by atoms with Gasteiger partial charge in [-0.05, 0) is 20.4 Å². The van der Waals surface area contributed by atoms with Crippen LogP contribution in [0.2, 0.25) is 0 Å². The Kier molecular flexibility index (Phi) is 4.55. The first-order valence-electron chi connectivity index (χ1n) is 6.67. The van der Waals surface area contributed by atoms with Gasteiger partial charge in [-0.25, -0.2) is 4.98 Å². The van der Waals surface area contributed by atoms with Crippen molar-refractivity contribution in [2.45, 2.75) is 25.5 Å². The van der Waals surface area contributed by atoms with Crippen LogP contribution in [0.25, 0.3) is 0 Å². The molecule has 19 heavy (non-hydrogen) atoms. The van der Waals surface area contributed by atoms with Gasteiger partial charge in [0.1, 0.15) is 0 Å². The number of nitrogens with zero attached hydrogens (tertiary/aromatic N) is 3. The van der Waals surface area contributed by atoms with E-state index in [1.165, 1.54) is 0 Å². The second-order valence-corrected chi connectivity index (χ2v) is 5.23. The van der Waals surface area contributed by atoms with Gasteiger partial charge in [0.05, 0.1) is 12.9 Å². The lowest BCUT2D eigenvalue weighted by molar-refractivity contribution is -0.155. The van der Waals surface area contributed by atoms with Crippen LogP contribution in [0.15, 0.2) is 18.7 Å². The van der Waals surface area contributed by atoms with E-state index in [4.69, 9.17) is 4.74 Å². The zero-order valence-corrected chi connectivity index (χ0v) is 11.6. The maximum Gasteiger partial charge on any atom is 0.253 e. The van der Waals surface area contributed by atoms with Crippen molar-refractivity contribution in [1.29, 1.82) is 0 Å². The molecule has 0 aromatic carbocycles. The Balaban J connectivity index is 1.71. The predicted octanol–water partition coefficient (Wildman–Crippen LogP) is 0.110. The summed E-state index contributed by atoms with van der Waals surface area (Å²) in [4.78, 5) is 18.2. The highest BCUT2D eigenvalue weighted by Gasteiger charge is 2.37. The molecule has 1 N–H and O–H groups in total. The van der Waals surface area contributed by atoms with Crippen molar-refractivity contribution in [2.75, 3.05) is 33.3 Å². The van der Waals surface area contributed by atoms with Gasteiger partial charge in [-0.15, -0.1) is 0 Å². The topological polar surface area (TPSA) is 59.4 Å². The molecule has 0 unspecified atom stereocenters. The average molecular weight is 266 g/mol. The summed E-state index contributed by atoms with van der Waals surface area (Å²) >= 11 is 0. The van der Waals surface area contributed by atoms with Crippen molar-refractivity contribution in [2.24, 2.45) is 0 Å². The first-order valence-corrected chi connectivity index (χ1v) is 6.67. The minimum Gasteiger partial charge on any atom is -0.363 e. The van der Waals surface area contributed by atoms with E-state index in [9.17, 15) is 4.79 Å². The Hall–Kier alpha value is -1.40. The number of hydrogen-bond acceptors (Lipinski definition) is 4. The van der Waals surface area contributed by atoms with Gasteiger partial charge in [-0.3, -0.25) is 4.79 Å². The van der Waals surface area contributed by atoms with Crippen LogP contribution in [0, 0.1) is 0 Å². The molecule has 6 heteroatoms. The molecule has 1 saturated heterocycles. The maximum atomic E-state index is 12.1. The van der Waals surface area contributed by atoms with E-state index in [1.54, 1.807) is 12.5 Å². The van der Waals surface area contributed by atoms with Gasteiger partial charge in [0.25, 0.3) is 5.91 Å². The lowest BCUT2D eigenvalue weighted by atomic mass is 10.0. The van der Waals surface area contributed by atoms with E-state index in [2.05, 4.69) is 15.2 Å². The highest BCUT2D eigenvalue weighted by atomic mass is 16.5. The fourth-order valence-corrected chi connectivity index (χ4v) is 2.27. The van der Waals surface area contributed by atoms with Crippen molar-refractivity contribution < 1.29 is 9.53 Å². The highest BCUT2D eigenvalue weighted by molar-refractivity contribution is 5.85. The minimum atomic E-state index is -0.720. The Morgan fingerprint density at radius 1 is 1.58 bits per heavy atom. The Bertz CT molecular complexity index is 407. The Labute approximate surface area is 113 Å². The second-order valence-electron chi connectivity index (χ2n) is 5.23. The summed E-state index contributed by atoms with van der Waals surface area (Å²) in [6.45, 7) is 5.49. The molecule has 1 aromatic heterocycles. The molecule has 2 heterocycles. The predicted molar refractivity (Wildman–Crippen MR) is 71.7 cm³/mol. The number of hydrogen-bond donors (Lipinski definition) is 1. The molecule has 1 atom stereocenters. The van der Waals surface area contributed by atoms with Crippen LogP contribution in [-0.4, -0.2) is 59.2 Å². The van der Waals surface area contributed by atoms with Gasteiger partial charge < -0.3 is 19.5 Å². The van der Waals surface area contributed by atoms with Crippen molar-refractivity contribution in [3.8, 4) is 0 Å². The third-order valence-electron chi connectivity index (χ3n) is 3.38. The number of likely N-dealkylation sites (N-methyl/N-ethyl adjacent to an activating group) is 1. The van der Waals surface area contributed by atoms with Crippen LogP contribution >= 0.6 is 0 Å². The summed E-state index contributed by atoms with van der Waals surface area (Å²) in [6, 6.07) is 0.